The van der Waals surface area contributed by atoms with Gasteiger partial charge in [0.05, 0.1) is 31.6 Å². The summed E-state index contributed by atoms with van der Waals surface area (Å²) in [5, 5.41) is 7.98. The van der Waals surface area contributed by atoms with Crippen molar-refractivity contribution in [3.8, 4) is 11.5 Å². The fourth-order valence-corrected chi connectivity index (χ4v) is 2.34. The SMILES string of the molecule is CCOc1c(Cl)cc(/C=N\NC(=S)N[C@@H](C)COC)cc1OC. The number of ether oxygens (including phenoxy) is 3. The molecule has 0 aliphatic heterocycles. The Morgan fingerprint density at radius 3 is 2.78 bits per heavy atom. The van der Waals surface area contributed by atoms with Crippen LogP contribution in [0.1, 0.15) is 19.4 Å². The maximum absolute atomic E-state index is 6.20. The maximum Gasteiger partial charge on any atom is 0.187 e. The third kappa shape index (κ3) is 6.60. The van der Waals surface area contributed by atoms with Gasteiger partial charge in [-0.1, -0.05) is 11.6 Å². The zero-order valence-corrected chi connectivity index (χ0v) is 15.3. The second-order valence-corrected chi connectivity index (χ2v) is 5.48. The highest BCUT2D eigenvalue weighted by atomic mass is 35.5. The van der Waals surface area contributed by atoms with Crippen molar-refractivity contribution in [1.82, 2.24) is 10.7 Å². The number of halogens is 1. The molecule has 0 unspecified atom stereocenters. The van der Waals surface area contributed by atoms with Crippen molar-refractivity contribution in [2.24, 2.45) is 5.10 Å². The number of methoxy groups -OCH3 is 2. The summed E-state index contributed by atoms with van der Waals surface area (Å²) in [5.74, 6) is 1.07. The van der Waals surface area contributed by atoms with E-state index in [4.69, 9.17) is 38.0 Å². The summed E-state index contributed by atoms with van der Waals surface area (Å²) < 4.78 is 15.8. The van der Waals surface area contributed by atoms with Gasteiger partial charge in [-0.05, 0) is 43.8 Å². The van der Waals surface area contributed by atoms with Crippen molar-refractivity contribution in [2.75, 3.05) is 27.4 Å². The number of hydrogen-bond acceptors (Lipinski definition) is 5. The van der Waals surface area contributed by atoms with Crippen LogP contribution in [0.2, 0.25) is 5.02 Å². The van der Waals surface area contributed by atoms with Crippen LogP contribution in [0.4, 0.5) is 0 Å². The first kappa shape index (κ1) is 19.5. The zero-order chi connectivity index (χ0) is 17.2. The lowest BCUT2D eigenvalue weighted by atomic mass is 10.2. The second kappa shape index (κ2) is 10.3. The Labute approximate surface area is 147 Å². The zero-order valence-electron chi connectivity index (χ0n) is 13.7. The molecule has 0 fully saturated rings. The molecule has 0 aliphatic rings. The van der Waals surface area contributed by atoms with Crippen LogP contribution in [0.15, 0.2) is 17.2 Å². The molecule has 6 nitrogen and oxygen atoms in total. The highest BCUT2D eigenvalue weighted by Crippen LogP contribution is 2.35. The molecule has 0 bridgehead atoms. The van der Waals surface area contributed by atoms with E-state index in [1.807, 2.05) is 13.8 Å². The smallest absolute Gasteiger partial charge is 0.187 e. The number of thiocarbonyl (C=S) groups is 1. The molecule has 2 N–H and O–H groups in total. The first-order chi connectivity index (χ1) is 11.0. The number of hydrazone groups is 1. The van der Waals surface area contributed by atoms with Crippen molar-refractivity contribution < 1.29 is 14.2 Å². The average Bonchev–Trinajstić information content (AvgIpc) is 2.49. The third-order valence-corrected chi connectivity index (χ3v) is 3.20. The fraction of sp³-hybridized carbons (Fsp3) is 0.467. The van der Waals surface area contributed by atoms with Gasteiger partial charge in [-0.2, -0.15) is 5.10 Å². The molecule has 0 aromatic heterocycles. The van der Waals surface area contributed by atoms with Crippen molar-refractivity contribution in [3.05, 3.63) is 22.7 Å². The molecule has 1 aromatic rings. The molecular formula is C15H22ClN3O3S. The lowest BCUT2D eigenvalue weighted by Gasteiger charge is -2.14. The maximum atomic E-state index is 6.20. The van der Waals surface area contributed by atoms with Crippen LogP contribution in [0.25, 0.3) is 0 Å². The minimum atomic E-state index is 0.0928. The Morgan fingerprint density at radius 1 is 1.43 bits per heavy atom. The third-order valence-electron chi connectivity index (χ3n) is 2.71. The number of hydrogen-bond donors (Lipinski definition) is 2. The van der Waals surface area contributed by atoms with Crippen molar-refractivity contribution >= 4 is 35.1 Å². The molecule has 0 saturated carbocycles. The topological polar surface area (TPSA) is 64.1 Å². The van der Waals surface area contributed by atoms with Crippen molar-refractivity contribution in [1.29, 1.82) is 0 Å². The monoisotopic (exact) mass is 359 g/mol. The summed E-state index contributed by atoms with van der Waals surface area (Å²) in [7, 11) is 3.19. The molecule has 0 saturated heterocycles. The van der Waals surface area contributed by atoms with Crippen molar-refractivity contribution in [3.63, 3.8) is 0 Å². The number of nitrogens with one attached hydrogen (secondary N) is 2. The van der Waals surface area contributed by atoms with Gasteiger partial charge in [0.2, 0.25) is 0 Å². The molecule has 0 aliphatic carbocycles. The summed E-state index contributed by atoms with van der Waals surface area (Å²) in [6.45, 7) is 4.90. The van der Waals surface area contributed by atoms with Crippen LogP contribution in [0.5, 0.6) is 11.5 Å². The fourth-order valence-electron chi connectivity index (χ4n) is 1.81. The van der Waals surface area contributed by atoms with Crippen LogP contribution >= 0.6 is 23.8 Å². The lowest BCUT2D eigenvalue weighted by Crippen LogP contribution is -2.40. The Balaban J connectivity index is 2.70. The number of nitrogens with zero attached hydrogens (tertiary/aromatic N) is 1. The summed E-state index contributed by atoms with van der Waals surface area (Å²) in [4.78, 5) is 0. The van der Waals surface area contributed by atoms with Crippen LogP contribution in [-0.4, -0.2) is 44.8 Å². The molecular weight excluding hydrogens is 338 g/mol. The molecule has 1 rings (SSSR count). The van der Waals surface area contributed by atoms with Gasteiger partial charge in [-0.15, -0.1) is 0 Å². The highest BCUT2D eigenvalue weighted by molar-refractivity contribution is 7.80. The first-order valence-electron chi connectivity index (χ1n) is 7.10. The molecule has 23 heavy (non-hydrogen) atoms. The van der Waals surface area contributed by atoms with E-state index in [1.54, 1.807) is 32.6 Å². The molecule has 8 heteroatoms. The molecule has 1 aromatic carbocycles. The Morgan fingerprint density at radius 2 is 2.17 bits per heavy atom. The quantitative estimate of drug-likeness (QED) is 0.422. The van der Waals surface area contributed by atoms with Gasteiger partial charge in [-0.3, -0.25) is 5.43 Å². The van der Waals surface area contributed by atoms with Gasteiger partial charge in [-0.25, -0.2) is 0 Å². The van der Waals surface area contributed by atoms with Crippen LogP contribution < -0.4 is 20.2 Å². The largest absolute Gasteiger partial charge is 0.493 e. The predicted octanol–water partition coefficient (Wildman–Crippen LogP) is 2.58. The van der Waals surface area contributed by atoms with Gasteiger partial charge >= 0.3 is 0 Å². The second-order valence-electron chi connectivity index (χ2n) is 4.67. The lowest BCUT2D eigenvalue weighted by molar-refractivity contribution is 0.179. The molecule has 1 atom stereocenters. The van der Waals surface area contributed by atoms with E-state index in [0.717, 1.165) is 5.56 Å². The average molecular weight is 360 g/mol. The Bertz CT molecular complexity index is 555. The first-order valence-corrected chi connectivity index (χ1v) is 7.89. The van der Waals surface area contributed by atoms with Gasteiger partial charge in [0.15, 0.2) is 16.6 Å². The molecule has 128 valence electrons. The van der Waals surface area contributed by atoms with Gasteiger partial charge in [0.25, 0.3) is 0 Å². The van der Waals surface area contributed by atoms with E-state index in [1.165, 1.54) is 0 Å². The summed E-state index contributed by atoms with van der Waals surface area (Å²) >= 11 is 11.3. The number of benzene rings is 1. The summed E-state index contributed by atoms with van der Waals surface area (Å²) in [6.07, 6.45) is 1.60. The van der Waals surface area contributed by atoms with E-state index >= 15 is 0 Å². The predicted molar refractivity (Wildman–Crippen MR) is 97.0 cm³/mol. The van der Waals surface area contributed by atoms with Crippen molar-refractivity contribution in [2.45, 2.75) is 19.9 Å². The van der Waals surface area contributed by atoms with Crippen LogP contribution in [0, 0.1) is 0 Å². The standard InChI is InChI=1S/C15H22ClN3O3S/c1-5-22-14-12(16)6-11(7-13(14)21-4)8-17-19-15(23)18-10(2)9-20-3/h6-8,10H,5,9H2,1-4H3,(H2,18,19,23)/b17-8-/t10-/m0/s1. The van der Waals surface area contributed by atoms with Gasteiger partial charge in [0.1, 0.15) is 0 Å². The number of rotatable bonds is 8. The Kier molecular flexibility index (Phi) is 8.68. The van der Waals surface area contributed by atoms with Crippen LogP contribution in [-0.2, 0) is 4.74 Å². The molecule has 0 spiro atoms. The molecule has 0 radical (unpaired) electrons. The molecule has 0 heterocycles. The van der Waals surface area contributed by atoms with Crippen LogP contribution in [0.3, 0.4) is 0 Å². The summed E-state index contributed by atoms with van der Waals surface area (Å²) in [6, 6.07) is 3.62. The van der Waals surface area contributed by atoms with Gasteiger partial charge in [0, 0.05) is 13.2 Å². The molecule has 0 amide bonds. The van der Waals surface area contributed by atoms with E-state index in [-0.39, 0.29) is 6.04 Å². The summed E-state index contributed by atoms with van der Waals surface area (Å²) in [5.41, 5.74) is 3.50. The van der Waals surface area contributed by atoms with E-state index in [2.05, 4.69) is 15.8 Å². The minimum Gasteiger partial charge on any atom is -0.493 e. The van der Waals surface area contributed by atoms with E-state index in [9.17, 15) is 0 Å². The highest BCUT2D eigenvalue weighted by Gasteiger charge is 2.10. The van der Waals surface area contributed by atoms with E-state index in [0.29, 0.717) is 34.8 Å². The minimum absolute atomic E-state index is 0.0928. The normalized spacial score (nSPS) is 12.0. The Hall–Kier alpha value is -1.57. The van der Waals surface area contributed by atoms with Gasteiger partial charge < -0.3 is 19.5 Å². The van der Waals surface area contributed by atoms with E-state index < -0.39 is 0 Å².